The third kappa shape index (κ3) is 2.44. The van der Waals surface area contributed by atoms with Crippen molar-refractivity contribution in [3.8, 4) is 6.07 Å². The average Bonchev–Trinajstić information content (AvgIpc) is 2.75. The lowest BCUT2D eigenvalue weighted by Gasteiger charge is -1.99. The minimum atomic E-state index is -0.751. The molecule has 1 fully saturated rings. The zero-order valence-electron chi connectivity index (χ0n) is 10.2. The Morgan fingerprint density at radius 3 is 2.56 bits per heavy atom. The molecule has 1 aliphatic rings. The van der Waals surface area contributed by atoms with Crippen molar-refractivity contribution in [3.63, 3.8) is 0 Å². The summed E-state index contributed by atoms with van der Waals surface area (Å²) >= 11 is 0. The van der Waals surface area contributed by atoms with Crippen LogP contribution in [-0.4, -0.2) is 11.1 Å². The molecule has 3 heteroatoms. The number of hydrogen-bond donors (Lipinski definition) is 1. The van der Waals surface area contributed by atoms with Crippen molar-refractivity contribution >= 4 is 5.97 Å². The first-order chi connectivity index (χ1) is 7.45. The molecule has 0 aliphatic heterocycles. The maximum Gasteiger partial charge on any atom is 0.307 e. The molecule has 1 rings (SSSR count). The second-order valence-corrected chi connectivity index (χ2v) is 5.07. The highest BCUT2D eigenvalue weighted by Gasteiger charge is 2.60. The molecule has 88 valence electrons. The van der Waals surface area contributed by atoms with E-state index in [-0.39, 0.29) is 17.3 Å². The molecule has 1 saturated carbocycles. The minimum Gasteiger partial charge on any atom is -0.481 e. The smallest absolute Gasteiger partial charge is 0.307 e. The van der Waals surface area contributed by atoms with Crippen LogP contribution in [-0.2, 0) is 4.79 Å². The highest BCUT2D eigenvalue weighted by molar-refractivity contribution is 5.76. The fourth-order valence-corrected chi connectivity index (χ4v) is 2.22. The summed E-state index contributed by atoms with van der Waals surface area (Å²) in [5.41, 5.74) is 0.545. The number of nitriles is 1. The van der Waals surface area contributed by atoms with E-state index in [0.717, 1.165) is 24.8 Å². The van der Waals surface area contributed by atoms with Crippen molar-refractivity contribution in [2.24, 2.45) is 17.3 Å². The summed E-state index contributed by atoms with van der Waals surface area (Å²) in [5, 5.41) is 18.0. The molecule has 16 heavy (non-hydrogen) atoms. The quantitative estimate of drug-likeness (QED) is 0.726. The molecule has 0 amide bonds. The van der Waals surface area contributed by atoms with Gasteiger partial charge in [-0.05, 0) is 24.2 Å². The molecule has 0 saturated heterocycles. The second-order valence-electron chi connectivity index (χ2n) is 5.07. The van der Waals surface area contributed by atoms with Crippen LogP contribution in [0.3, 0.4) is 0 Å². The zero-order chi connectivity index (χ0) is 12.3. The summed E-state index contributed by atoms with van der Waals surface area (Å²) in [7, 11) is 0. The number of allylic oxidation sites excluding steroid dienone is 2. The lowest BCUT2D eigenvalue weighted by molar-refractivity contribution is -0.139. The van der Waals surface area contributed by atoms with E-state index in [0.29, 0.717) is 0 Å². The Kier molecular flexibility index (Phi) is 3.74. The van der Waals surface area contributed by atoms with Gasteiger partial charge in [0.1, 0.15) is 0 Å². The lowest BCUT2D eigenvalue weighted by atomic mass is 10.0. The monoisotopic (exact) mass is 221 g/mol. The Morgan fingerprint density at radius 1 is 1.56 bits per heavy atom. The summed E-state index contributed by atoms with van der Waals surface area (Å²) in [5.74, 6) is -1.05. The number of nitrogens with zero attached hydrogens (tertiary/aromatic N) is 1. The highest BCUT2D eigenvalue weighted by atomic mass is 16.4. The predicted molar refractivity (Wildman–Crippen MR) is 61.6 cm³/mol. The Bertz CT molecular complexity index is 349. The standard InChI is InChI=1S/C13H19NO2/c1-4-5-6-9(8-14)7-10-11(12(15)16)13(10,2)3/h7,10-11H,4-6H2,1-3H3,(H,15,16)/b9-7+. The molecule has 1 N–H and O–H groups in total. The van der Waals surface area contributed by atoms with Gasteiger partial charge < -0.3 is 5.11 Å². The van der Waals surface area contributed by atoms with E-state index >= 15 is 0 Å². The van der Waals surface area contributed by atoms with E-state index in [9.17, 15) is 4.79 Å². The van der Waals surface area contributed by atoms with Gasteiger partial charge >= 0.3 is 5.97 Å². The first-order valence-corrected chi connectivity index (χ1v) is 5.78. The summed E-state index contributed by atoms with van der Waals surface area (Å²) in [6.45, 7) is 5.97. The van der Waals surface area contributed by atoms with E-state index in [4.69, 9.17) is 10.4 Å². The molecule has 0 bridgehead atoms. The molecule has 0 heterocycles. The summed E-state index contributed by atoms with van der Waals surface area (Å²) in [4.78, 5) is 11.0. The Morgan fingerprint density at radius 2 is 2.19 bits per heavy atom. The largest absolute Gasteiger partial charge is 0.481 e. The normalized spacial score (nSPS) is 27.2. The van der Waals surface area contributed by atoms with Crippen LogP contribution in [0.4, 0.5) is 0 Å². The molecule has 2 atom stereocenters. The van der Waals surface area contributed by atoms with Crippen LogP contribution in [0, 0.1) is 28.6 Å². The van der Waals surface area contributed by atoms with Gasteiger partial charge in [-0.15, -0.1) is 0 Å². The number of rotatable bonds is 5. The first-order valence-electron chi connectivity index (χ1n) is 5.78. The van der Waals surface area contributed by atoms with Gasteiger partial charge in [0, 0.05) is 5.57 Å². The van der Waals surface area contributed by atoms with Crippen LogP contribution in [0.25, 0.3) is 0 Å². The summed E-state index contributed by atoms with van der Waals surface area (Å²) < 4.78 is 0. The lowest BCUT2D eigenvalue weighted by Crippen LogP contribution is -2.03. The van der Waals surface area contributed by atoms with Gasteiger partial charge in [-0.2, -0.15) is 5.26 Å². The number of hydrogen-bond acceptors (Lipinski definition) is 2. The molecular weight excluding hydrogens is 202 g/mol. The highest BCUT2D eigenvalue weighted by Crippen LogP contribution is 2.59. The SMILES string of the molecule is CCCC/C(C#N)=C\C1C(C(=O)O)C1(C)C. The van der Waals surface area contributed by atoms with Gasteiger partial charge in [-0.1, -0.05) is 33.3 Å². The Hall–Kier alpha value is -1.30. The first kappa shape index (κ1) is 12.8. The third-order valence-electron chi connectivity index (χ3n) is 3.50. The van der Waals surface area contributed by atoms with Gasteiger partial charge in [-0.3, -0.25) is 4.79 Å². The van der Waals surface area contributed by atoms with Gasteiger partial charge in [0.25, 0.3) is 0 Å². The van der Waals surface area contributed by atoms with Crippen molar-refractivity contribution in [3.05, 3.63) is 11.6 Å². The number of aliphatic carboxylic acids is 1. The van der Waals surface area contributed by atoms with E-state index in [1.165, 1.54) is 0 Å². The van der Waals surface area contributed by atoms with E-state index < -0.39 is 5.97 Å². The third-order valence-corrected chi connectivity index (χ3v) is 3.50. The maximum atomic E-state index is 11.0. The van der Waals surface area contributed by atoms with Gasteiger partial charge in [0.2, 0.25) is 0 Å². The van der Waals surface area contributed by atoms with Gasteiger partial charge in [-0.25, -0.2) is 0 Å². The molecule has 1 aliphatic carbocycles. The van der Waals surface area contributed by atoms with Crippen molar-refractivity contribution in [1.82, 2.24) is 0 Å². The van der Waals surface area contributed by atoms with E-state index in [2.05, 4.69) is 13.0 Å². The van der Waals surface area contributed by atoms with Gasteiger partial charge in [0.05, 0.1) is 12.0 Å². The minimum absolute atomic E-state index is 0.0245. The van der Waals surface area contributed by atoms with Crippen LogP contribution < -0.4 is 0 Å². The summed E-state index contributed by atoms with van der Waals surface area (Å²) in [6, 6.07) is 2.17. The van der Waals surface area contributed by atoms with Crippen molar-refractivity contribution in [2.75, 3.05) is 0 Å². The van der Waals surface area contributed by atoms with Crippen LogP contribution in [0.1, 0.15) is 40.0 Å². The fraction of sp³-hybridized carbons (Fsp3) is 0.692. The molecule has 0 spiro atoms. The van der Waals surface area contributed by atoms with Crippen LogP contribution in [0.5, 0.6) is 0 Å². The van der Waals surface area contributed by atoms with Crippen LogP contribution in [0.2, 0.25) is 0 Å². The van der Waals surface area contributed by atoms with Crippen molar-refractivity contribution < 1.29 is 9.90 Å². The zero-order valence-corrected chi connectivity index (χ0v) is 10.2. The van der Waals surface area contributed by atoms with Crippen molar-refractivity contribution in [2.45, 2.75) is 40.0 Å². The number of unbranched alkanes of at least 4 members (excludes halogenated alkanes) is 1. The number of carboxylic acid groups (broad SMARTS) is 1. The number of carbonyl (C=O) groups is 1. The molecule has 0 aromatic carbocycles. The topological polar surface area (TPSA) is 61.1 Å². The summed E-state index contributed by atoms with van der Waals surface area (Å²) in [6.07, 6.45) is 4.68. The predicted octanol–water partition coefficient (Wildman–Crippen LogP) is 2.98. The van der Waals surface area contributed by atoms with E-state index in [1.54, 1.807) is 0 Å². The molecule has 2 unspecified atom stereocenters. The fourth-order valence-electron chi connectivity index (χ4n) is 2.22. The molecule has 0 aromatic heterocycles. The maximum absolute atomic E-state index is 11.0. The molecule has 0 aromatic rings. The van der Waals surface area contributed by atoms with Crippen molar-refractivity contribution in [1.29, 1.82) is 5.26 Å². The van der Waals surface area contributed by atoms with Gasteiger partial charge in [0.15, 0.2) is 0 Å². The number of carboxylic acids is 1. The Balaban J connectivity index is 2.70. The molecule has 0 radical (unpaired) electrons. The Labute approximate surface area is 96.8 Å². The van der Waals surface area contributed by atoms with Crippen LogP contribution >= 0.6 is 0 Å². The molecule has 3 nitrogen and oxygen atoms in total. The second kappa shape index (κ2) is 4.69. The average molecular weight is 221 g/mol. The van der Waals surface area contributed by atoms with Crippen LogP contribution in [0.15, 0.2) is 11.6 Å². The molecular formula is C13H19NO2. The van der Waals surface area contributed by atoms with E-state index in [1.807, 2.05) is 19.9 Å².